The molecule has 3 rings (SSSR count). The molecule has 1 aliphatic rings. The third-order valence-electron chi connectivity index (χ3n) is 3.32. The van der Waals surface area contributed by atoms with Gasteiger partial charge in [-0.15, -0.1) is 0 Å². The SMILES string of the molecule is c1ccc2c(CNC3CCNC3)c[nH]c2c1. The molecule has 3 nitrogen and oxygen atoms in total. The van der Waals surface area contributed by atoms with Gasteiger partial charge in [0.1, 0.15) is 0 Å². The van der Waals surface area contributed by atoms with Crippen LogP contribution in [0.1, 0.15) is 12.0 Å². The van der Waals surface area contributed by atoms with Crippen LogP contribution in [0.5, 0.6) is 0 Å². The minimum Gasteiger partial charge on any atom is -0.361 e. The van der Waals surface area contributed by atoms with Crippen LogP contribution in [0.2, 0.25) is 0 Å². The largest absolute Gasteiger partial charge is 0.361 e. The molecule has 0 radical (unpaired) electrons. The smallest absolute Gasteiger partial charge is 0.0457 e. The van der Waals surface area contributed by atoms with Crippen molar-refractivity contribution in [2.45, 2.75) is 19.0 Å². The Morgan fingerprint density at radius 2 is 2.25 bits per heavy atom. The van der Waals surface area contributed by atoms with E-state index in [2.05, 4.69) is 46.1 Å². The Bertz CT molecular complexity index is 469. The highest BCUT2D eigenvalue weighted by Crippen LogP contribution is 2.17. The van der Waals surface area contributed by atoms with E-state index in [1.54, 1.807) is 0 Å². The maximum Gasteiger partial charge on any atom is 0.0457 e. The third kappa shape index (κ3) is 1.84. The van der Waals surface area contributed by atoms with Gasteiger partial charge in [-0.05, 0) is 24.6 Å². The molecule has 0 spiro atoms. The summed E-state index contributed by atoms with van der Waals surface area (Å²) >= 11 is 0. The molecule has 3 N–H and O–H groups in total. The number of rotatable bonds is 3. The van der Waals surface area contributed by atoms with Crippen LogP contribution in [-0.4, -0.2) is 24.1 Å². The van der Waals surface area contributed by atoms with Crippen LogP contribution >= 0.6 is 0 Å². The number of hydrogen-bond acceptors (Lipinski definition) is 2. The number of aromatic amines is 1. The number of fused-ring (bicyclic) bond motifs is 1. The first-order valence-corrected chi connectivity index (χ1v) is 5.92. The quantitative estimate of drug-likeness (QED) is 0.728. The molecule has 0 bridgehead atoms. The fourth-order valence-corrected chi connectivity index (χ4v) is 2.36. The summed E-state index contributed by atoms with van der Waals surface area (Å²) in [4.78, 5) is 3.31. The van der Waals surface area contributed by atoms with Crippen LogP contribution in [0.3, 0.4) is 0 Å². The van der Waals surface area contributed by atoms with Crippen molar-refractivity contribution in [1.29, 1.82) is 0 Å². The van der Waals surface area contributed by atoms with Gasteiger partial charge in [-0.25, -0.2) is 0 Å². The maximum absolute atomic E-state index is 3.59. The first-order valence-electron chi connectivity index (χ1n) is 5.92. The van der Waals surface area contributed by atoms with E-state index >= 15 is 0 Å². The van der Waals surface area contributed by atoms with Gasteiger partial charge in [0.15, 0.2) is 0 Å². The molecule has 1 aromatic heterocycles. The molecule has 0 amide bonds. The lowest BCUT2D eigenvalue weighted by Gasteiger charge is -2.10. The van der Waals surface area contributed by atoms with Gasteiger partial charge in [0, 0.05) is 36.2 Å². The van der Waals surface area contributed by atoms with E-state index in [1.807, 2.05) is 0 Å². The fourth-order valence-electron chi connectivity index (χ4n) is 2.36. The second-order valence-corrected chi connectivity index (χ2v) is 4.43. The van der Waals surface area contributed by atoms with Gasteiger partial charge in [0.25, 0.3) is 0 Å². The summed E-state index contributed by atoms with van der Waals surface area (Å²) in [5.74, 6) is 0. The van der Waals surface area contributed by atoms with E-state index in [9.17, 15) is 0 Å². The molecule has 0 saturated carbocycles. The van der Waals surface area contributed by atoms with Gasteiger partial charge in [0.05, 0.1) is 0 Å². The second-order valence-electron chi connectivity index (χ2n) is 4.43. The number of nitrogens with one attached hydrogen (secondary N) is 3. The molecular formula is C13H17N3. The number of benzene rings is 1. The van der Waals surface area contributed by atoms with Gasteiger partial charge >= 0.3 is 0 Å². The zero-order valence-electron chi connectivity index (χ0n) is 9.29. The fraction of sp³-hybridized carbons (Fsp3) is 0.385. The number of aromatic nitrogens is 1. The molecular weight excluding hydrogens is 198 g/mol. The summed E-state index contributed by atoms with van der Waals surface area (Å²) < 4.78 is 0. The van der Waals surface area contributed by atoms with E-state index in [4.69, 9.17) is 0 Å². The van der Waals surface area contributed by atoms with Crippen molar-refractivity contribution in [3.8, 4) is 0 Å². The van der Waals surface area contributed by atoms with E-state index in [-0.39, 0.29) is 0 Å². The Balaban J connectivity index is 1.73. The molecule has 0 aliphatic carbocycles. The predicted octanol–water partition coefficient (Wildman–Crippen LogP) is 1.62. The van der Waals surface area contributed by atoms with Gasteiger partial charge < -0.3 is 15.6 Å². The summed E-state index contributed by atoms with van der Waals surface area (Å²) in [7, 11) is 0. The summed E-state index contributed by atoms with van der Waals surface area (Å²) in [6.07, 6.45) is 3.35. The second kappa shape index (κ2) is 4.28. The van der Waals surface area contributed by atoms with E-state index in [1.165, 1.54) is 22.9 Å². The molecule has 1 aromatic carbocycles. The first-order chi connectivity index (χ1) is 7.93. The molecule has 1 unspecified atom stereocenters. The molecule has 1 saturated heterocycles. The zero-order valence-corrected chi connectivity index (χ0v) is 9.29. The molecule has 2 heterocycles. The lowest BCUT2D eigenvalue weighted by Crippen LogP contribution is -2.30. The Labute approximate surface area is 95.2 Å². The third-order valence-corrected chi connectivity index (χ3v) is 3.32. The Morgan fingerprint density at radius 3 is 3.12 bits per heavy atom. The summed E-state index contributed by atoms with van der Waals surface area (Å²) in [6, 6.07) is 9.09. The predicted molar refractivity (Wildman–Crippen MR) is 66.4 cm³/mol. The first kappa shape index (κ1) is 9.87. The van der Waals surface area contributed by atoms with Crippen LogP contribution in [0.15, 0.2) is 30.5 Å². The highest BCUT2D eigenvalue weighted by Gasteiger charge is 2.13. The highest BCUT2D eigenvalue weighted by atomic mass is 15.0. The van der Waals surface area contributed by atoms with Gasteiger partial charge in [-0.3, -0.25) is 0 Å². The number of para-hydroxylation sites is 1. The highest BCUT2D eigenvalue weighted by molar-refractivity contribution is 5.82. The monoisotopic (exact) mass is 215 g/mol. The normalized spacial score (nSPS) is 20.6. The van der Waals surface area contributed by atoms with Crippen molar-refractivity contribution in [3.05, 3.63) is 36.0 Å². The number of H-pyrrole nitrogens is 1. The molecule has 1 aliphatic heterocycles. The average molecular weight is 215 g/mol. The van der Waals surface area contributed by atoms with Crippen LogP contribution < -0.4 is 10.6 Å². The van der Waals surface area contributed by atoms with Gasteiger partial charge in [0.2, 0.25) is 0 Å². The van der Waals surface area contributed by atoms with Crippen LogP contribution in [0, 0.1) is 0 Å². The van der Waals surface area contributed by atoms with Crippen molar-refractivity contribution in [3.63, 3.8) is 0 Å². The Kier molecular flexibility index (Phi) is 2.64. The zero-order chi connectivity index (χ0) is 10.8. The lowest BCUT2D eigenvalue weighted by molar-refractivity contribution is 0.549. The van der Waals surface area contributed by atoms with Crippen molar-refractivity contribution < 1.29 is 0 Å². The van der Waals surface area contributed by atoms with Gasteiger partial charge in [-0.1, -0.05) is 18.2 Å². The molecule has 3 heteroatoms. The summed E-state index contributed by atoms with van der Waals surface area (Å²) in [6.45, 7) is 3.20. The molecule has 2 aromatic rings. The molecule has 1 atom stereocenters. The van der Waals surface area contributed by atoms with Crippen molar-refractivity contribution >= 4 is 10.9 Å². The standard InChI is InChI=1S/C13H17N3/c1-2-4-13-12(3-1)10(8-16-13)7-15-11-5-6-14-9-11/h1-4,8,11,14-16H,5-7,9H2. The minimum absolute atomic E-state index is 0.633. The Morgan fingerprint density at radius 1 is 1.31 bits per heavy atom. The van der Waals surface area contributed by atoms with Crippen molar-refractivity contribution in [1.82, 2.24) is 15.6 Å². The van der Waals surface area contributed by atoms with E-state index < -0.39 is 0 Å². The average Bonchev–Trinajstić information content (AvgIpc) is 2.96. The summed E-state index contributed by atoms with van der Waals surface area (Å²) in [5, 5.41) is 8.30. The van der Waals surface area contributed by atoms with Crippen LogP contribution in [0.4, 0.5) is 0 Å². The van der Waals surface area contributed by atoms with Crippen LogP contribution in [0.25, 0.3) is 10.9 Å². The number of hydrogen-bond donors (Lipinski definition) is 3. The van der Waals surface area contributed by atoms with Crippen molar-refractivity contribution in [2.24, 2.45) is 0 Å². The van der Waals surface area contributed by atoms with E-state index in [0.717, 1.165) is 19.6 Å². The van der Waals surface area contributed by atoms with Crippen molar-refractivity contribution in [2.75, 3.05) is 13.1 Å². The van der Waals surface area contributed by atoms with E-state index in [0.29, 0.717) is 6.04 Å². The van der Waals surface area contributed by atoms with Crippen LogP contribution in [-0.2, 0) is 6.54 Å². The maximum atomic E-state index is 3.59. The Hall–Kier alpha value is -1.32. The molecule has 1 fully saturated rings. The molecule has 16 heavy (non-hydrogen) atoms. The lowest BCUT2D eigenvalue weighted by atomic mass is 10.1. The minimum atomic E-state index is 0.633. The molecule has 84 valence electrons. The van der Waals surface area contributed by atoms with Gasteiger partial charge in [-0.2, -0.15) is 0 Å². The summed E-state index contributed by atoms with van der Waals surface area (Å²) in [5.41, 5.74) is 2.59. The topological polar surface area (TPSA) is 39.8 Å².